The van der Waals surface area contributed by atoms with Crippen LogP contribution < -0.4 is 10.2 Å². The Kier molecular flexibility index (Phi) is 3.17. The van der Waals surface area contributed by atoms with E-state index in [0.717, 1.165) is 25.9 Å². The van der Waals surface area contributed by atoms with E-state index in [1.807, 2.05) is 11.9 Å². The smallest absolute Gasteiger partial charge is 0.318 e. The van der Waals surface area contributed by atoms with Gasteiger partial charge in [0, 0.05) is 13.1 Å². The van der Waals surface area contributed by atoms with Crippen LogP contribution in [0.3, 0.4) is 0 Å². The number of aromatic nitrogens is 2. The van der Waals surface area contributed by atoms with E-state index in [-0.39, 0.29) is 6.10 Å². The maximum absolute atomic E-state index is 9.36. The third-order valence-corrected chi connectivity index (χ3v) is 2.52. The van der Waals surface area contributed by atoms with Crippen molar-refractivity contribution in [3.8, 4) is 0 Å². The van der Waals surface area contributed by atoms with Gasteiger partial charge in [0.05, 0.1) is 12.6 Å². The SMILES string of the molecule is CNCc1nnc(N2CCC(O)CC2)o1. The number of aliphatic hydroxyl groups excluding tert-OH is 1. The summed E-state index contributed by atoms with van der Waals surface area (Å²) in [5, 5.41) is 20.2. The van der Waals surface area contributed by atoms with Crippen LogP contribution in [0.15, 0.2) is 4.42 Å². The molecule has 1 aromatic rings. The van der Waals surface area contributed by atoms with Crippen molar-refractivity contribution < 1.29 is 9.52 Å². The van der Waals surface area contributed by atoms with Crippen LogP contribution in [0.25, 0.3) is 0 Å². The minimum Gasteiger partial charge on any atom is -0.407 e. The molecule has 6 nitrogen and oxygen atoms in total. The lowest BCUT2D eigenvalue weighted by Crippen LogP contribution is -2.35. The quantitative estimate of drug-likeness (QED) is 0.719. The molecule has 0 atom stereocenters. The molecule has 1 saturated heterocycles. The van der Waals surface area contributed by atoms with E-state index in [0.29, 0.717) is 18.5 Å². The topological polar surface area (TPSA) is 74.4 Å². The van der Waals surface area contributed by atoms with Gasteiger partial charge in [-0.25, -0.2) is 0 Å². The molecule has 1 aliphatic rings. The number of nitrogens with zero attached hydrogens (tertiary/aromatic N) is 3. The zero-order chi connectivity index (χ0) is 10.7. The summed E-state index contributed by atoms with van der Waals surface area (Å²) in [4.78, 5) is 2.01. The maximum Gasteiger partial charge on any atom is 0.318 e. The van der Waals surface area contributed by atoms with E-state index in [4.69, 9.17) is 4.42 Å². The third kappa shape index (κ3) is 2.45. The monoisotopic (exact) mass is 212 g/mol. The number of aliphatic hydroxyl groups is 1. The largest absolute Gasteiger partial charge is 0.407 e. The standard InChI is InChI=1S/C9H16N4O2/c1-10-6-8-11-12-9(15-8)13-4-2-7(14)3-5-13/h7,10,14H,2-6H2,1H3. The normalized spacial score (nSPS) is 18.4. The van der Waals surface area contributed by atoms with E-state index in [2.05, 4.69) is 15.5 Å². The fourth-order valence-electron chi connectivity index (χ4n) is 1.65. The average Bonchev–Trinajstić information content (AvgIpc) is 2.68. The second-order valence-corrected chi connectivity index (χ2v) is 3.73. The predicted octanol–water partition coefficient (Wildman–Crippen LogP) is -0.250. The summed E-state index contributed by atoms with van der Waals surface area (Å²) in [5.74, 6) is 0.596. The number of hydrogen-bond donors (Lipinski definition) is 2. The summed E-state index contributed by atoms with van der Waals surface area (Å²) in [7, 11) is 1.83. The summed E-state index contributed by atoms with van der Waals surface area (Å²) >= 11 is 0. The van der Waals surface area contributed by atoms with Gasteiger partial charge >= 0.3 is 6.01 Å². The molecule has 1 aliphatic heterocycles. The molecule has 2 N–H and O–H groups in total. The van der Waals surface area contributed by atoms with Gasteiger partial charge in [0.25, 0.3) is 0 Å². The van der Waals surface area contributed by atoms with Gasteiger partial charge in [0.15, 0.2) is 0 Å². The highest BCUT2D eigenvalue weighted by Gasteiger charge is 2.21. The highest BCUT2D eigenvalue weighted by molar-refractivity contribution is 5.24. The number of rotatable bonds is 3. The third-order valence-electron chi connectivity index (χ3n) is 2.52. The molecule has 0 radical (unpaired) electrons. The van der Waals surface area contributed by atoms with E-state index >= 15 is 0 Å². The first kappa shape index (κ1) is 10.4. The Hall–Kier alpha value is -1.14. The fourth-order valence-corrected chi connectivity index (χ4v) is 1.65. The van der Waals surface area contributed by atoms with Gasteiger partial charge in [-0.1, -0.05) is 5.10 Å². The Labute approximate surface area is 88.3 Å². The second kappa shape index (κ2) is 4.59. The number of piperidine rings is 1. The molecule has 15 heavy (non-hydrogen) atoms. The molecule has 0 amide bonds. The van der Waals surface area contributed by atoms with E-state index in [9.17, 15) is 5.11 Å². The first-order chi connectivity index (χ1) is 7.29. The Morgan fingerprint density at radius 3 is 2.87 bits per heavy atom. The van der Waals surface area contributed by atoms with Crippen LogP contribution in [0.5, 0.6) is 0 Å². The molecule has 2 rings (SSSR count). The molecule has 0 aromatic carbocycles. The van der Waals surface area contributed by atoms with Gasteiger partial charge in [0.1, 0.15) is 0 Å². The molecule has 0 aliphatic carbocycles. The van der Waals surface area contributed by atoms with Gasteiger partial charge in [-0.05, 0) is 19.9 Å². The first-order valence-electron chi connectivity index (χ1n) is 5.19. The van der Waals surface area contributed by atoms with E-state index in [1.165, 1.54) is 0 Å². The van der Waals surface area contributed by atoms with Crippen molar-refractivity contribution in [1.82, 2.24) is 15.5 Å². The van der Waals surface area contributed by atoms with Crippen LogP contribution in [-0.4, -0.2) is 41.5 Å². The molecule has 0 unspecified atom stereocenters. The zero-order valence-corrected chi connectivity index (χ0v) is 8.81. The lowest BCUT2D eigenvalue weighted by atomic mass is 10.1. The average molecular weight is 212 g/mol. The predicted molar refractivity (Wildman–Crippen MR) is 54.5 cm³/mol. The minimum atomic E-state index is -0.180. The molecule has 0 saturated carbocycles. The molecule has 2 heterocycles. The maximum atomic E-state index is 9.36. The van der Waals surface area contributed by atoms with Gasteiger partial charge in [-0.15, -0.1) is 5.10 Å². The van der Waals surface area contributed by atoms with Crippen molar-refractivity contribution in [2.75, 3.05) is 25.0 Å². The van der Waals surface area contributed by atoms with Crippen LogP contribution in [0.2, 0.25) is 0 Å². The Morgan fingerprint density at radius 2 is 2.20 bits per heavy atom. The molecule has 1 aromatic heterocycles. The van der Waals surface area contributed by atoms with Crippen molar-refractivity contribution in [2.24, 2.45) is 0 Å². The van der Waals surface area contributed by atoms with E-state index < -0.39 is 0 Å². The minimum absolute atomic E-state index is 0.180. The van der Waals surface area contributed by atoms with Crippen molar-refractivity contribution in [3.05, 3.63) is 5.89 Å². The highest BCUT2D eigenvalue weighted by atomic mass is 16.4. The lowest BCUT2D eigenvalue weighted by Gasteiger charge is -2.27. The van der Waals surface area contributed by atoms with Crippen LogP contribution in [0.1, 0.15) is 18.7 Å². The summed E-state index contributed by atoms with van der Waals surface area (Å²) in [5.41, 5.74) is 0. The van der Waals surface area contributed by atoms with Crippen molar-refractivity contribution in [1.29, 1.82) is 0 Å². The second-order valence-electron chi connectivity index (χ2n) is 3.73. The lowest BCUT2D eigenvalue weighted by molar-refractivity contribution is 0.144. The van der Waals surface area contributed by atoms with Gasteiger partial charge < -0.3 is 19.7 Å². The molecule has 1 fully saturated rings. The Bertz CT molecular complexity index is 307. The Balaban J connectivity index is 1.96. The zero-order valence-electron chi connectivity index (χ0n) is 8.81. The van der Waals surface area contributed by atoms with Crippen LogP contribution in [0.4, 0.5) is 6.01 Å². The number of hydrogen-bond acceptors (Lipinski definition) is 6. The summed E-state index contributed by atoms with van der Waals surface area (Å²) in [6.45, 7) is 2.15. The molecule has 84 valence electrons. The van der Waals surface area contributed by atoms with Gasteiger partial charge in [-0.2, -0.15) is 0 Å². The van der Waals surface area contributed by atoms with Crippen molar-refractivity contribution in [3.63, 3.8) is 0 Å². The van der Waals surface area contributed by atoms with Gasteiger partial charge in [0.2, 0.25) is 5.89 Å². The van der Waals surface area contributed by atoms with Crippen LogP contribution >= 0.6 is 0 Å². The fraction of sp³-hybridized carbons (Fsp3) is 0.778. The number of anilines is 1. The molecular weight excluding hydrogens is 196 g/mol. The summed E-state index contributed by atoms with van der Waals surface area (Å²) < 4.78 is 5.46. The number of nitrogens with one attached hydrogen (secondary N) is 1. The summed E-state index contributed by atoms with van der Waals surface area (Å²) in [6, 6.07) is 0.562. The molecule has 6 heteroatoms. The van der Waals surface area contributed by atoms with Gasteiger partial charge in [-0.3, -0.25) is 0 Å². The van der Waals surface area contributed by atoms with Crippen LogP contribution in [-0.2, 0) is 6.54 Å². The van der Waals surface area contributed by atoms with Crippen molar-refractivity contribution in [2.45, 2.75) is 25.5 Å². The van der Waals surface area contributed by atoms with Crippen LogP contribution in [0, 0.1) is 0 Å². The summed E-state index contributed by atoms with van der Waals surface area (Å²) in [6.07, 6.45) is 1.36. The molecule has 0 bridgehead atoms. The highest BCUT2D eigenvalue weighted by Crippen LogP contribution is 2.18. The first-order valence-corrected chi connectivity index (χ1v) is 5.19. The van der Waals surface area contributed by atoms with Crippen molar-refractivity contribution >= 4 is 6.01 Å². The van der Waals surface area contributed by atoms with E-state index in [1.54, 1.807) is 0 Å². The Morgan fingerprint density at radius 1 is 1.47 bits per heavy atom. The molecular formula is C9H16N4O2. The molecule has 0 spiro atoms.